The Morgan fingerprint density at radius 1 is 1.17 bits per heavy atom. The first kappa shape index (κ1) is 15.1. The SMILES string of the molecule is CNC(c1cc(Cl)c(OC)c(OC)c1)C(C)(C)C. The largest absolute Gasteiger partial charge is 0.493 e. The summed E-state index contributed by atoms with van der Waals surface area (Å²) in [7, 11) is 5.15. The third kappa shape index (κ3) is 3.09. The van der Waals surface area contributed by atoms with E-state index in [-0.39, 0.29) is 11.5 Å². The van der Waals surface area contributed by atoms with E-state index in [1.54, 1.807) is 14.2 Å². The molecule has 0 spiro atoms. The van der Waals surface area contributed by atoms with Crippen molar-refractivity contribution in [3.05, 3.63) is 22.7 Å². The Bertz CT molecular complexity index is 413. The molecule has 0 radical (unpaired) electrons. The fraction of sp³-hybridized carbons (Fsp3) is 0.571. The van der Waals surface area contributed by atoms with Gasteiger partial charge in [-0.05, 0) is 30.2 Å². The maximum atomic E-state index is 6.23. The van der Waals surface area contributed by atoms with Crippen molar-refractivity contribution in [3.8, 4) is 11.5 Å². The van der Waals surface area contributed by atoms with Crippen LogP contribution in [-0.4, -0.2) is 21.3 Å². The number of benzene rings is 1. The van der Waals surface area contributed by atoms with E-state index >= 15 is 0 Å². The number of halogens is 1. The number of hydrogen-bond acceptors (Lipinski definition) is 3. The lowest BCUT2D eigenvalue weighted by Gasteiger charge is -2.31. The molecule has 0 fully saturated rings. The van der Waals surface area contributed by atoms with Crippen LogP contribution in [0.3, 0.4) is 0 Å². The molecule has 1 N–H and O–H groups in total. The molecule has 3 nitrogen and oxygen atoms in total. The highest BCUT2D eigenvalue weighted by atomic mass is 35.5. The maximum Gasteiger partial charge on any atom is 0.179 e. The minimum absolute atomic E-state index is 0.0810. The quantitative estimate of drug-likeness (QED) is 0.906. The second kappa shape index (κ2) is 5.81. The van der Waals surface area contributed by atoms with Crippen LogP contribution in [0.5, 0.6) is 11.5 Å². The molecule has 1 aromatic rings. The monoisotopic (exact) mass is 271 g/mol. The Balaban J connectivity index is 3.30. The van der Waals surface area contributed by atoms with Crippen molar-refractivity contribution in [3.63, 3.8) is 0 Å². The molecule has 0 aliphatic heterocycles. The first-order valence-corrected chi connectivity index (χ1v) is 6.31. The summed E-state index contributed by atoms with van der Waals surface area (Å²) < 4.78 is 10.6. The zero-order valence-electron chi connectivity index (χ0n) is 11.9. The van der Waals surface area contributed by atoms with Crippen molar-refractivity contribution in [2.75, 3.05) is 21.3 Å². The van der Waals surface area contributed by atoms with Gasteiger partial charge in [0.05, 0.1) is 19.2 Å². The molecule has 0 amide bonds. The molecule has 0 aliphatic rings. The van der Waals surface area contributed by atoms with Crippen LogP contribution < -0.4 is 14.8 Å². The molecule has 18 heavy (non-hydrogen) atoms. The molecule has 0 aromatic heterocycles. The number of hydrogen-bond donors (Lipinski definition) is 1. The van der Waals surface area contributed by atoms with Crippen LogP contribution in [0.15, 0.2) is 12.1 Å². The maximum absolute atomic E-state index is 6.23. The van der Waals surface area contributed by atoms with E-state index in [1.165, 1.54) is 0 Å². The van der Waals surface area contributed by atoms with Crippen LogP contribution in [-0.2, 0) is 0 Å². The van der Waals surface area contributed by atoms with Crippen LogP contribution in [0.2, 0.25) is 5.02 Å². The highest BCUT2D eigenvalue weighted by Crippen LogP contribution is 2.41. The number of rotatable bonds is 4. The zero-order chi connectivity index (χ0) is 13.9. The molecule has 0 aliphatic carbocycles. The molecule has 0 bridgehead atoms. The second-order valence-corrected chi connectivity index (χ2v) is 5.73. The van der Waals surface area contributed by atoms with E-state index in [0.717, 1.165) is 5.56 Å². The number of nitrogens with one attached hydrogen (secondary N) is 1. The molecule has 0 saturated carbocycles. The summed E-state index contributed by atoms with van der Waals surface area (Å²) in [5.74, 6) is 1.23. The first-order valence-electron chi connectivity index (χ1n) is 5.93. The lowest BCUT2D eigenvalue weighted by molar-refractivity contribution is 0.285. The van der Waals surface area contributed by atoms with E-state index in [0.29, 0.717) is 16.5 Å². The summed E-state index contributed by atoms with van der Waals surface area (Å²) in [6.45, 7) is 6.54. The van der Waals surface area contributed by atoms with Crippen LogP contribution >= 0.6 is 11.6 Å². The Morgan fingerprint density at radius 2 is 1.78 bits per heavy atom. The van der Waals surface area contributed by atoms with Gasteiger partial charge >= 0.3 is 0 Å². The van der Waals surface area contributed by atoms with Gasteiger partial charge in [-0.1, -0.05) is 32.4 Å². The molecule has 1 aromatic carbocycles. The van der Waals surface area contributed by atoms with E-state index in [2.05, 4.69) is 26.1 Å². The summed E-state index contributed by atoms with van der Waals surface area (Å²) in [6, 6.07) is 4.08. The molecule has 1 rings (SSSR count). The lowest BCUT2D eigenvalue weighted by Crippen LogP contribution is -2.29. The molecule has 0 heterocycles. The Morgan fingerprint density at radius 3 is 2.17 bits per heavy atom. The van der Waals surface area contributed by atoms with Crippen molar-refractivity contribution in [1.29, 1.82) is 0 Å². The van der Waals surface area contributed by atoms with E-state index in [9.17, 15) is 0 Å². The molecule has 4 heteroatoms. The van der Waals surface area contributed by atoms with Crippen molar-refractivity contribution < 1.29 is 9.47 Å². The van der Waals surface area contributed by atoms with Gasteiger partial charge in [0.15, 0.2) is 11.5 Å². The summed E-state index contributed by atoms with van der Waals surface area (Å²) in [5.41, 5.74) is 1.17. The normalized spacial score (nSPS) is 13.3. The van der Waals surface area contributed by atoms with Crippen LogP contribution in [0.25, 0.3) is 0 Å². The third-order valence-electron chi connectivity index (χ3n) is 2.94. The van der Waals surface area contributed by atoms with Gasteiger partial charge in [-0.15, -0.1) is 0 Å². The average molecular weight is 272 g/mol. The smallest absolute Gasteiger partial charge is 0.179 e. The average Bonchev–Trinajstić information content (AvgIpc) is 2.27. The minimum atomic E-state index is 0.0810. The van der Waals surface area contributed by atoms with Gasteiger partial charge in [-0.25, -0.2) is 0 Å². The minimum Gasteiger partial charge on any atom is -0.493 e. The number of methoxy groups -OCH3 is 2. The molecule has 1 atom stereocenters. The van der Waals surface area contributed by atoms with Gasteiger partial charge in [0.25, 0.3) is 0 Å². The van der Waals surface area contributed by atoms with Gasteiger partial charge in [-0.2, -0.15) is 0 Å². The summed E-state index contributed by atoms with van der Waals surface area (Å²) in [6.07, 6.45) is 0. The van der Waals surface area contributed by atoms with Crippen LogP contribution in [0.1, 0.15) is 32.4 Å². The van der Waals surface area contributed by atoms with Crippen molar-refractivity contribution >= 4 is 11.6 Å². The highest BCUT2D eigenvalue weighted by molar-refractivity contribution is 6.32. The van der Waals surface area contributed by atoms with Crippen molar-refractivity contribution in [1.82, 2.24) is 5.32 Å². The Kier molecular flexibility index (Phi) is 4.88. The van der Waals surface area contributed by atoms with Gasteiger partial charge in [0, 0.05) is 6.04 Å². The highest BCUT2D eigenvalue weighted by Gasteiger charge is 2.26. The van der Waals surface area contributed by atoms with Crippen molar-refractivity contribution in [2.45, 2.75) is 26.8 Å². The van der Waals surface area contributed by atoms with E-state index < -0.39 is 0 Å². The predicted molar refractivity (Wildman–Crippen MR) is 75.8 cm³/mol. The molecular weight excluding hydrogens is 250 g/mol. The fourth-order valence-electron chi connectivity index (χ4n) is 2.20. The Labute approximate surface area is 114 Å². The summed E-state index contributed by atoms with van der Waals surface area (Å²) in [4.78, 5) is 0. The van der Waals surface area contributed by atoms with Crippen molar-refractivity contribution in [2.24, 2.45) is 5.41 Å². The van der Waals surface area contributed by atoms with Gasteiger partial charge in [-0.3, -0.25) is 0 Å². The van der Waals surface area contributed by atoms with E-state index in [4.69, 9.17) is 21.1 Å². The first-order chi connectivity index (χ1) is 8.35. The summed E-state index contributed by atoms with van der Waals surface area (Å²) in [5, 5.41) is 3.89. The molecule has 102 valence electrons. The van der Waals surface area contributed by atoms with Gasteiger partial charge in [0.1, 0.15) is 0 Å². The number of ether oxygens (including phenoxy) is 2. The third-order valence-corrected chi connectivity index (χ3v) is 3.22. The summed E-state index contributed by atoms with van der Waals surface area (Å²) >= 11 is 6.23. The molecule has 0 saturated heterocycles. The van der Waals surface area contributed by atoms with Crippen LogP contribution in [0.4, 0.5) is 0 Å². The van der Waals surface area contributed by atoms with Gasteiger partial charge in [0.2, 0.25) is 0 Å². The second-order valence-electron chi connectivity index (χ2n) is 5.33. The standard InChI is InChI=1S/C14H22ClNO2/c1-14(2,3)13(16-4)9-7-10(15)12(18-6)11(8-9)17-5/h7-8,13,16H,1-6H3. The van der Waals surface area contributed by atoms with E-state index in [1.807, 2.05) is 19.2 Å². The van der Waals surface area contributed by atoms with Crippen LogP contribution in [0, 0.1) is 5.41 Å². The predicted octanol–water partition coefficient (Wildman–Crippen LogP) is 3.66. The zero-order valence-corrected chi connectivity index (χ0v) is 12.7. The molecule has 1 unspecified atom stereocenters. The topological polar surface area (TPSA) is 30.5 Å². The van der Waals surface area contributed by atoms with Gasteiger partial charge < -0.3 is 14.8 Å². The lowest BCUT2D eigenvalue weighted by atomic mass is 9.82. The fourth-order valence-corrected chi connectivity index (χ4v) is 2.50. The molecular formula is C14H22ClNO2. The Hall–Kier alpha value is -0.930.